The van der Waals surface area contributed by atoms with Crippen molar-refractivity contribution in [3.63, 3.8) is 0 Å². The molecule has 0 atom stereocenters. The van der Waals surface area contributed by atoms with Gasteiger partial charge in [0.05, 0.1) is 0 Å². The Morgan fingerprint density at radius 1 is 1.18 bits per heavy atom. The van der Waals surface area contributed by atoms with Gasteiger partial charge in [0.25, 0.3) is 0 Å². The van der Waals surface area contributed by atoms with Crippen molar-refractivity contribution in [1.82, 2.24) is 4.98 Å². The molecule has 0 fully saturated rings. The molecule has 0 saturated carbocycles. The molecule has 3 nitrogen and oxygen atoms in total. The summed E-state index contributed by atoms with van der Waals surface area (Å²) in [5.41, 5.74) is 2.08. The van der Waals surface area contributed by atoms with Crippen molar-refractivity contribution < 1.29 is 0 Å². The van der Waals surface area contributed by atoms with Crippen LogP contribution in [0.3, 0.4) is 0 Å². The van der Waals surface area contributed by atoms with Crippen molar-refractivity contribution in [2.75, 3.05) is 17.7 Å². The first-order chi connectivity index (χ1) is 8.19. The van der Waals surface area contributed by atoms with E-state index in [-0.39, 0.29) is 0 Å². The van der Waals surface area contributed by atoms with E-state index in [1.54, 1.807) is 6.20 Å². The molecule has 0 saturated heterocycles. The zero-order chi connectivity index (χ0) is 12.3. The van der Waals surface area contributed by atoms with Gasteiger partial charge in [-0.15, -0.1) is 0 Å². The number of hydrogen-bond acceptors (Lipinski definition) is 3. The maximum Gasteiger partial charge on any atom is 0.127 e. The molecule has 5 heteroatoms. The first-order valence-corrected chi connectivity index (χ1v) is 6.92. The summed E-state index contributed by atoms with van der Waals surface area (Å²) in [4.78, 5) is 4.17. The number of benzene rings is 1. The van der Waals surface area contributed by atoms with Crippen molar-refractivity contribution in [2.45, 2.75) is 0 Å². The Labute approximate surface area is 122 Å². The fraction of sp³-hybridized carbons (Fsp3) is 0.0833. The lowest BCUT2D eigenvalue weighted by Gasteiger charge is -2.08. The Hall–Kier alpha value is -0.820. The first kappa shape index (κ1) is 12.6. The second-order valence-electron chi connectivity index (χ2n) is 3.43. The lowest BCUT2D eigenvalue weighted by molar-refractivity contribution is 1.28. The topological polar surface area (TPSA) is 37.0 Å². The van der Waals surface area contributed by atoms with Crippen LogP contribution in [0.4, 0.5) is 17.2 Å². The van der Waals surface area contributed by atoms with Gasteiger partial charge in [0.1, 0.15) is 5.82 Å². The average Bonchev–Trinajstić information content (AvgIpc) is 2.34. The van der Waals surface area contributed by atoms with Gasteiger partial charge in [-0.25, -0.2) is 4.98 Å². The standard InChI is InChI=1S/C12H11BrIN3/c1-15-12-7-9(4-5-16-12)17-8-2-3-10(13)11(14)6-8/h2-7H,1H3,(H2,15,16,17). The normalized spacial score (nSPS) is 10.1. The molecule has 2 rings (SSSR count). The molecule has 0 amide bonds. The maximum atomic E-state index is 4.17. The number of anilines is 3. The molecule has 0 aliphatic rings. The van der Waals surface area contributed by atoms with Crippen molar-refractivity contribution in [3.8, 4) is 0 Å². The highest BCUT2D eigenvalue weighted by atomic mass is 127. The van der Waals surface area contributed by atoms with Crippen LogP contribution >= 0.6 is 38.5 Å². The highest BCUT2D eigenvalue weighted by Gasteiger charge is 2.00. The molecule has 0 aliphatic heterocycles. The number of nitrogens with one attached hydrogen (secondary N) is 2. The van der Waals surface area contributed by atoms with Gasteiger partial charge in [-0.3, -0.25) is 0 Å². The van der Waals surface area contributed by atoms with Crippen LogP contribution in [0.5, 0.6) is 0 Å². The molecule has 2 N–H and O–H groups in total. The van der Waals surface area contributed by atoms with Crippen molar-refractivity contribution in [1.29, 1.82) is 0 Å². The minimum absolute atomic E-state index is 0.849. The van der Waals surface area contributed by atoms with E-state index in [1.165, 1.54) is 3.57 Å². The van der Waals surface area contributed by atoms with Gasteiger partial charge in [0, 0.05) is 38.7 Å². The van der Waals surface area contributed by atoms with Gasteiger partial charge >= 0.3 is 0 Å². The third-order valence-electron chi connectivity index (χ3n) is 2.22. The molecule has 0 bridgehead atoms. The summed E-state index contributed by atoms with van der Waals surface area (Å²) in [6, 6.07) is 10.1. The van der Waals surface area contributed by atoms with Crippen LogP contribution in [0.25, 0.3) is 0 Å². The van der Waals surface area contributed by atoms with E-state index >= 15 is 0 Å². The minimum atomic E-state index is 0.849. The Bertz CT molecular complexity index is 531. The smallest absolute Gasteiger partial charge is 0.127 e. The Morgan fingerprint density at radius 2 is 1.94 bits per heavy atom. The zero-order valence-corrected chi connectivity index (χ0v) is 12.9. The molecular formula is C12H11BrIN3. The number of nitrogens with zero attached hydrogens (tertiary/aromatic N) is 1. The van der Waals surface area contributed by atoms with E-state index in [1.807, 2.05) is 31.3 Å². The van der Waals surface area contributed by atoms with Crippen molar-refractivity contribution >= 4 is 55.7 Å². The third kappa shape index (κ3) is 3.32. The van der Waals surface area contributed by atoms with Gasteiger partial charge in [-0.05, 0) is 62.8 Å². The zero-order valence-electron chi connectivity index (χ0n) is 9.17. The number of pyridine rings is 1. The highest BCUT2D eigenvalue weighted by Crippen LogP contribution is 2.25. The molecular weight excluding hydrogens is 393 g/mol. The number of hydrogen-bond donors (Lipinski definition) is 2. The average molecular weight is 404 g/mol. The summed E-state index contributed by atoms with van der Waals surface area (Å²) in [5, 5.41) is 6.35. The number of rotatable bonds is 3. The molecule has 17 heavy (non-hydrogen) atoms. The predicted octanol–water partition coefficient (Wildman–Crippen LogP) is 4.23. The van der Waals surface area contributed by atoms with Crippen molar-refractivity contribution in [3.05, 3.63) is 44.6 Å². The molecule has 0 unspecified atom stereocenters. The van der Waals surface area contributed by atoms with Crippen LogP contribution in [-0.4, -0.2) is 12.0 Å². The molecule has 88 valence electrons. The monoisotopic (exact) mass is 403 g/mol. The molecule has 1 aromatic carbocycles. The number of halogens is 2. The molecule has 0 spiro atoms. The predicted molar refractivity (Wildman–Crippen MR) is 83.9 cm³/mol. The summed E-state index contributed by atoms with van der Waals surface area (Å²) < 4.78 is 2.28. The summed E-state index contributed by atoms with van der Waals surface area (Å²) in [7, 11) is 1.86. The molecule has 1 heterocycles. The quantitative estimate of drug-likeness (QED) is 0.753. The van der Waals surface area contributed by atoms with Gasteiger partial charge < -0.3 is 10.6 Å². The largest absolute Gasteiger partial charge is 0.373 e. The van der Waals surface area contributed by atoms with Crippen LogP contribution in [0.1, 0.15) is 0 Å². The minimum Gasteiger partial charge on any atom is -0.373 e. The van der Waals surface area contributed by atoms with E-state index in [2.05, 4.69) is 60.2 Å². The maximum absolute atomic E-state index is 4.17. The van der Waals surface area contributed by atoms with E-state index in [0.717, 1.165) is 21.7 Å². The Kier molecular flexibility index (Phi) is 4.22. The van der Waals surface area contributed by atoms with Gasteiger partial charge in [-0.2, -0.15) is 0 Å². The van der Waals surface area contributed by atoms with Gasteiger partial charge in [0.15, 0.2) is 0 Å². The molecule has 0 radical (unpaired) electrons. The second-order valence-corrected chi connectivity index (χ2v) is 5.45. The third-order valence-corrected chi connectivity index (χ3v) is 4.55. The summed E-state index contributed by atoms with van der Waals surface area (Å²) in [6.45, 7) is 0. The lowest BCUT2D eigenvalue weighted by Crippen LogP contribution is -1.95. The second kappa shape index (κ2) is 5.68. The molecule has 0 aliphatic carbocycles. The van der Waals surface area contributed by atoms with E-state index in [0.29, 0.717) is 0 Å². The summed E-state index contributed by atoms with van der Waals surface area (Å²) >= 11 is 5.78. The fourth-order valence-electron chi connectivity index (χ4n) is 1.39. The van der Waals surface area contributed by atoms with Crippen LogP contribution in [0.2, 0.25) is 0 Å². The summed E-state index contributed by atoms with van der Waals surface area (Å²) in [5.74, 6) is 0.849. The van der Waals surface area contributed by atoms with Crippen LogP contribution in [-0.2, 0) is 0 Å². The van der Waals surface area contributed by atoms with E-state index < -0.39 is 0 Å². The number of aromatic nitrogens is 1. The van der Waals surface area contributed by atoms with Gasteiger partial charge in [0.2, 0.25) is 0 Å². The SMILES string of the molecule is CNc1cc(Nc2ccc(Br)c(I)c2)ccn1. The Morgan fingerprint density at radius 3 is 2.65 bits per heavy atom. The molecule has 2 aromatic rings. The van der Waals surface area contributed by atoms with Crippen LogP contribution < -0.4 is 10.6 Å². The van der Waals surface area contributed by atoms with Crippen molar-refractivity contribution in [2.24, 2.45) is 0 Å². The lowest BCUT2D eigenvalue weighted by atomic mass is 10.3. The fourth-order valence-corrected chi connectivity index (χ4v) is 2.15. The van der Waals surface area contributed by atoms with Crippen LogP contribution in [0.15, 0.2) is 41.0 Å². The highest BCUT2D eigenvalue weighted by molar-refractivity contribution is 14.1. The Balaban J connectivity index is 2.22. The first-order valence-electron chi connectivity index (χ1n) is 5.05. The van der Waals surface area contributed by atoms with Gasteiger partial charge in [-0.1, -0.05) is 0 Å². The molecule has 1 aromatic heterocycles. The van der Waals surface area contributed by atoms with E-state index in [9.17, 15) is 0 Å². The van der Waals surface area contributed by atoms with E-state index in [4.69, 9.17) is 0 Å². The summed E-state index contributed by atoms with van der Waals surface area (Å²) in [6.07, 6.45) is 1.78. The van der Waals surface area contributed by atoms with Crippen LogP contribution in [0, 0.1) is 3.57 Å².